The Balaban J connectivity index is 1.52. The topological polar surface area (TPSA) is 132 Å². The maximum absolute atomic E-state index is 16.4. The monoisotopic (exact) mass is 703 g/mol. The highest BCUT2D eigenvalue weighted by Gasteiger charge is 2.35. The molecule has 0 spiro atoms. The number of halogens is 2. The Bertz CT molecular complexity index is 2250. The minimum Gasteiger partial charge on any atom is -0.425 e. The molecule has 260 valence electrons. The molecule has 3 heterocycles. The van der Waals surface area contributed by atoms with Crippen molar-refractivity contribution in [3.63, 3.8) is 0 Å². The Morgan fingerprint density at radius 3 is 2.40 bits per heavy atom. The molecule has 0 radical (unpaired) electrons. The zero-order valence-electron chi connectivity index (χ0n) is 27.6. The van der Waals surface area contributed by atoms with Crippen molar-refractivity contribution < 1.29 is 31.5 Å². The molecule has 4 aromatic rings. The van der Waals surface area contributed by atoms with Gasteiger partial charge in [-0.15, -0.1) is 0 Å². The van der Waals surface area contributed by atoms with E-state index in [2.05, 4.69) is 16.5 Å². The van der Waals surface area contributed by atoms with Crippen LogP contribution in [0.3, 0.4) is 0 Å². The van der Waals surface area contributed by atoms with E-state index < -0.39 is 44.4 Å². The van der Waals surface area contributed by atoms with Gasteiger partial charge in [0.1, 0.15) is 23.1 Å². The van der Waals surface area contributed by atoms with Crippen LogP contribution >= 0.6 is 0 Å². The first-order chi connectivity index (χ1) is 23.9. The number of ether oxygens (including phenoxy) is 1. The lowest BCUT2D eigenvalue weighted by atomic mass is 9.79. The van der Waals surface area contributed by atoms with Gasteiger partial charge in [0.2, 0.25) is 5.91 Å². The van der Waals surface area contributed by atoms with Crippen molar-refractivity contribution in [3.05, 3.63) is 82.8 Å². The number of benzene rings is 2. The number of rotatable bonds is 8. The second kappa shape index (κ2) is 12.7. The summed E-state index contributed by atoms with van der Waals surface area (Å²) in [6, 6.07) is 9.24. The van der Waals surface area contributed by atoms with E-state index in [-0.39, 0.29) is 76.6 Å². The minimum absolute atomic E-state index is 0.0521. The summed E-state index contributed by atoms with van der Waals surface area (Å²) in [4.78, 5) is 51.6. The Hall–Kier alpha value is -4.98. The first-order valence-corrected chi connectivity index (χ1v) is 18.4. The molecule has 7 rings (SSSR count). The number of pyridine rings is 1. The molecular formula is C36H35F2N5O6S. The molecule has 2 aromatic carbocycles. The lowest BCUT2D eigenvalue weighted by Crippen LogP contribution is -2.54. The molecule has 0 bridgehead atoms. The van der Waals surface area contributed by atoms with Crippen molar-refractivity contribution in [1.29, 1.82) is 0 Å². The van der Waals surface area contributed by atoms with Gasteiger partial charge in [0.15, 0.2) is 21.3 Å². The van der Waals surface area contributed by atoms with E-state index in [1.54, 1.807) is 21.9 Å². The van der Waals surface area contributed by atoms with Crippen molar-refractivity contribution in [2.75, 3.05) is 30.8 Å². The number of hydrogen-bond acceptors (Lipinski definition) is 9. The second-order valence-electron chi connectivity index (χ2n) is 13.2. The number of anilines is 1. The number of carbonyl (C=O) groups excluding carboxylic acids is 2. The fraction of sp³-hybridized carbons (Fsp3) is 0.361. The molecule has 50 heavy (non-hydrogen) atoms. The molecule has 3 fully saturated rings. The fourth-order valence-electron chi connectivity index (χ4n) is 6.76. The van der Waals surface area contributed by atoms with E-state index in [0.29, 0.717) is 18.4 Å². The van der Waals surface area contributed by atoms with Crippen LogP contribution in [0.5, 0.6) is 5.75 Å². The van der Waals surface area contributed by atoms with Crippen molar-refractivity contribution in [2.24, 2.45) is 5.92 Å². The number of piperazine rings is 1. The van der Waals surface area contributed by atoms with Crippen molar-refractivity contribution in [3.8, 4) is 22.7 Å². The predicted molar refractivity (Wildman–Crippen MR) is 182 cm³/mol. The zero-order valence-corrected chi connectivity index (χ0v) is 28.4. The quantitative estimate of drug-likeness (QED) is 0.142. The van der Waals surface area contributed by atoms with Gasteiger partial charge in [-0.25, -0.2) is 31.5 Å². The molecule has 1 aliphatic heterocycles. The van der Waals surface area contributed by atoms with Gasteiger partial charge in [0.25, 0.3) is 0 Å². The molecule has 1 saturated heterocycles. The average molecular weight is 704 g/mol. The van der Waals surface area contributed by atoms with Crippen LogP contribution in [0, 0.1) is 17.6 Å². The van der Waals surface area contributed by atoms with E-state index in [1.807, 2.05) is 6.92 Å². The molecule has 2 aromatic heterocycles. The summed E-state index contributed by atoms with van der Waals surface area (Å²) >= 11 is 0. The van der Waals surface area contributed by atoms with E-state index in [1.165, 1.54) is 24.3 Å². The summed E-state index contributed by atoms with van der Waals surface area (Å²) in [6.45, 7) is 6.15. The number of amides is 1. The largest absolute Gasteiger partial charge is 0.425 e. The van der Waals surface area contributed by atoms with Gasteiger partial charge in [-0.1, -0.05) is 31.2 Å². The van der Waals surface area contributed by atoms with Crippen LogP contribution in [-0.2, 0) is 19.4 Å². The van der Waals surface area contributed by atoms with Gasteiger partial charge in [-0.05, 0) is 74.4 Å². The first kappa shape index (κ1) is 33.5. The normalized spacial score (nSPS) is 18.2. The Morgan fingerprint density at radius 1 is 1.02 bits per heavy atom. The van der Waals surface area contributed by atoms with Crippen LogP contribution in [-0.4, -0.2) is 71.7 Å². The van der Waals surface area contributed by atoms with Gasteiger partial charge < -0.3 is 14.5 Å². The van der Waals surface area contributed by atoms with Gasteiger partial charge in [-0.3, -0.25) is 9.59 Å². The van der Waals surface area contributed by atoms with E-state index in [0.717, 1.165) is 42.2 Å². The van der Waals surface area contributed by atoms with E-state index in [9.17, 15) is 22.8 Å². The van der Waals surface area contributed by atoms with Crippen LogP contribution in [0.4, 0.5) is 14.6 Å². The lowest BCUT2D eigenvalue weighted by molar-refractivity contribution is -0.135. The Labute approximate surface area is 287 Å². The van der Waals surface area contributed by atoms with Crippen LogP contribution < -0.4 is 15.3 Å². The predicted octanol–water partition coefficient (Wildman–Crippen LogP) is 4.94. The molecule has 1 atom stereocenters. The molecule has 14 heteroatoms. The average Bonchev–Trinajstić information content (AvgIpc) is 3.90. The summed E-state index contributed by atoms with van der Waals surface area (Å²) in [5, 5.41) is 0.0666. The number of carbonyl (C=O) groups is 2. The van der Waals surface area contributed by atoms with Crippen molar-refractivity contribution >= 4 is 38.6 Å². The molecular weight excluding hydrogens is 668 g/mol. The summed E-state index contributed by atoms with van der Waals surface area (Å²) in [5.41, 5.74) is -1.33. The zero-order chi connectivity index (χ0) is 35.5. The Kier molecular flexibility index (Phi) is 8.53. The van der Waals surface area contributed by atoms with Crippen LogP contribution in [0.25, 0.3) is 28.0 Å². The summed E-state index contributed by atoms with van der Waals surface area (Å²) in [5.74, 6) is -3.27. The first-order valence-electron chi connectivity index (χ1n) is 16.5. The van der Waals surface area contributed by atoms with Gasteiger partial charge >= 0.3 is 11.7 Å². The van der Waals surface area contributed by atoms with Crippen LogP contribution in [0.15, 0.2) is 64.8 Å². The minimum atomic E-state index is -3.93. The van der Waals surface area contributed by atoms with Crippen LogP contribution in [0.2, 0.25) is 0 Å². The fourth-order valence-corrected chi connectivity index (χ4v) is 7.65. The molecule has 0 unspecified atom stereocenters. The maximum atomic E-state index is 16.4. The number of nitrogens with zero attached hydrogens (tertiary/aromatic N) is 5. The third-order valence-corrected chi connectivity index (χ3v) is 10.8. The molecule has 1 amide bonds. The standard InChI is InChI=1S/C36H35F2N5O6S/c1-4-29(44)41-16-17-42(20(2)19-41)33-24-18-26(38)31(30-25(37)11-7-12-27(30)49-35(45)22-14-15-22)39-34(24)43(36(46)40-33)32-23(21-8-5-9-21)10-6-13-28(32)50(3,47)48/h4,6-7,10-13,18,20-22H,1,5,8-9,14-17,19H2,2-3H3/t20-/m0/s1. The summed E-state index contributed by atoms with van der Waals surface area (Å²) in [7, 11) is -3.93. The van der Waals surface area contributed by atoms with Gasteiger partial charge in [-0.2, -0.15) is 4.98 Å². The number of sulfone groups is 1. The highest BCUT2D eigenvalue weighted by Crippen LogP contribution is 2.43. The number of hydrogen-bond donors (Lipinski definition) is 0. The smallest absolute Gasteiger partial charge is 0.355 e. The highest BCUT2D eigenvalue weighted by molar-refractivity contribution is 7.90. The SMILES string of the molecule is C=CC(=O)N1CCN(c2nc(=O)n(-c3c(C4CCC4)cccc3S(C)(=O)=O)c3nc(-c4c(F)cccc4OC(=O)C4CC4)c(F)cc23)[C@@H](C)C1. The molecule has 2 aliphatic carbocycles. The highest BCUT2D eigenvalue weighted by atomic mass is 32.2. The van der Waals surface area contributed by atoms with Gasteiger partial charge in [0, 0.05) is 31.9 Å². The van der Waals surface area contributed by atoms with Crippen molar-refractivity contribution in [2.45, 2.75) is 55.9 Å². The third-order valence-electron chi connectivity index (χ3n) is 9.72. The number of para-hydroxylation sites is 1. The molecule has 2 saturated carbocycles. The maximum Gasteiger partial charge on any atom is 0.355 e. The number of esters is 1. The van der Waals surface area contributed by atoms with Gasteiger partial charge in [0.05, 0.1) is 27.5 Å². The Morgan fingerprint density at radius 2 is 1.76 bits per heavy atom. The van der Waals surface area contributed by atoms with Crippen LogP contribution in [0.1, 0.15) is 50.5 Å². The van der Waals surface area contributed by atoms with Crippen molar-refractivity contribution in [1.82, 2.24) is 19.4 Å². The summed E-state index contributed by atoms with van der Waals surface area (Å²) in [6.07, 6.45) is 5.97. The molecule has 3 aliphatic rings. The number of aromatic nitrogens is 3. The molecule has 11 nitrogen and oxygen atoms in total. The lowest BCUT2D eigenvalue weighted by Gasteiger charge is -2.40. The second-order valence-corrected chi connectivity index (χ2v) is 15.2. The summed E-state index contributed by atoms with van der Waals surface area (Å²) < 4.78 is 65.2. The van der Waals surface area contributed by atoms with E-state index in [4.69, 9.17) is 4.74 Å². The molecule has 0 N–H and O–H groups in total. The number of fused-ring (bicyclic) bond motifs is 1. The van der Waals surface area contributed by atoms with E-state index >= 15 is 8.78 Å². The third kappa shape index (κ3) is 5.95.